The average molecular weight is 289 g/mol. The Morgan fingerprint density at radius 3 is 2.81 bits per heavy atom. The highest BCUT2D eigenvalue weighted by atomic mass is 16.5. The molecule has 0 radical (unpaired) electrons. The van der Waals surface area contributed by atoms with Crippen molar-refractivity contribution < 1.29 is 9.26 Å². The van der Waals surface area contributed by atoms with E-state index >= 15 is 0 Å². The molecule has 114 valence electrons. The lowest BCUT2D eigenvalue weighted by Gasteiger charge is -2.12. The first-order valence-corrected chi connectivity index (χ1v) is 7.42. The first kappa shape index (κ1) is 15.5. The molecule has 0 spiro atoms. The maximum absolute atomic E-state index is 5.80. The van der Waals surface area contributed by atoms with Crippen molar-refractivity contribution in [2.45, 2.75) is 40.3 Å². The van der Waals surface area contributed by atoms with Crippen molar-refractivity contribution in [1.29, 1.82) is 0 Å². The molecule has 0 amide bonds. The van der Waals surface area contributed by atoms with E-state index in [-0.39, 0.29) is 0 Å². The lowest BCUT2D eigenvalue weighted by Crippen LogP contribution is -2.19. The number of rotatable bonds is 8. The Kier molecular flexibility index (Phi) is 5.75. The lowest BCUT2D eigenvalue weighted by atomic mass is 10.2. The van der Waals surface area contributed by atoms with E-state index < -0.39 is 0 Å². The summed E-state index contributed by atoms with van der Waals surface area (Å²) in [7, 11) is 0. The van der Waals surface area contributed by atoms with Gasteiger partial charge in [-0.15, -0.1) is 0 Å². The van der Waals surface area contributed by atoms with Crippen LogP contribution < -0.4 is 10.1 Å². The van der Waals surface area contributed by atoms with Crippen LogP contribution >= 0.6 is 0 Å². The Balaban J connectivity index is 1.92. The van der Waals surface area contributed by atoms with Gasteiger partial charge >= 0.3 is 0 Å². The molecule has 21 heavy (non-hydrogen) atoms. The molecule has 1 N–H and O–H groups in total. The molecule has 5 nitrogen and oxygen atoms in total. The summed E-state index contributed by atoms with van der Waals surface area (Å²) in [6.07, 6.45) is 0.763. The van der Waals surface area contributed by atoms with Crippen molar-refractivity contribution in [1.82, 2.24) is 15.5 Å². The second-order valence-corrected chi connectivity index (χ2v) is 5.38. The molecule has 0 saturated carbocycles. The van der Waals surface area contributed by atoms with Gasteiger partial charge in [-0.1, -0.05) is 44.1 Å². The highest BCUT2D eigenvalue weighted by Crippen LogP contribution is 2.19. The summed E-state index contributed by atoms with van der Waals surface area (Å²) in [6, 6.07) is 8.01. The average Bonchev–Trinajstić information content (AvgIpc) is 2.94. The van der Waals surface area contributed by atoms with Gasteiger partial charge in [-0.05, 0) is 18.5 Å². The predicted octanol–water partition coefficient (Wildman–Crippen LogP) is 2.96. The summed E-state index contributed by atoms with van der Waals surface area (Å²) in [4.78, 5) is 4.24. The zero-order valence-electron chi connectivity index (χ0n) is 12.9. The monoisotopic (exact) mass is 289 g/mol. The summed E-state index contributed by atoms with van der Waals surface area (Å²) in [5.74, 6) is 2.70. The Morgan fingerprint density at radius 1 is 1.29 bits per heavy atom. The molecular formula is C16H23N3O2. The third kappa shape index (κ3) is 4.86. The highest BCUT2D eigenvalue weighted by molar-refractivity contribution is 5.33. The molecule has 0 unspecified atom stereocenters. The van der Waals surface area contributed by atoms with E-state index in [1.807, 2.05) is 25.1 Å². The van der Waals surface area contributed by atoms with Crippen LogP contribution in [-0.4, -0.2) is 16.7 Å². The van der Waals surface area contributed by atoms with E-state index in [0.29, 0.717) is 24.2 Å². The Morgan fingerprint density at radius 2 is 2.10 bits per heavy atom. The Bertz CT molecular complexity index is 552. The molecule has 0 aliphatic rings. The summed E-state index contributed by atoms with van der Waals surface area (Å²) in [5, 5.41) is 7.28. The number of aryl methyl sites for hydroxylation is 1. The first-order valence-electron chi connectivity index (χ1n) is 7.42. The minimum atomic E-state index is 0.300. The molecule has 2 rings (SSSR count). The number of nitrogens with zero attached hydrogens (tertiary/aromatic N) is 2. The van der Waals surface area contributed by atoms with Crippen LogP contribution in [0, 0.1) is 5.92 Å². The Labute approximate surface area is 125 Å². The molecule has 1 aromatic heterocycles. The fraction of sp³-hybridized carbons (Fsp3) is 0.500. The number of para-hydroxylation sites is 1. The van der Waals surface area contributed by atoms with E-state index in [1.54, 1.807) is 0 Å². The van der Waals surface area contributed by atoms with Gasteiger partial charge in [0.2, 0.25) is 0 Å². The smallest absolute Gasteiger partial charge is 0.264 e. The fourth-order valence-electron chi connectivity index (χ4n) is 1.92. The van der Waals surface area contributed by atoms with Crippen molar-refractivity contribution >= 4 is 0 Å². The third-order valence-electron chi connectivity index (χ3n) is 3.02. The van der Waals surface area contributed by atoms with Crippen LogP contribution in [0.3, 0.4) is 0 Å². The van der Waals surface area contributed by atoms with Crippen LogP contribution in [0.2, 0.25) is 0 Å². The van der Waals surface area contributed by atoms with Crippen molar-refractivity contribution in [2.75, 3.05) is 6.54 Å². The number of aromatic nitrogens is 2. The third-order valence-corrected chi connectivity index (χ3v) is 3.02. The van der Waals surface area contributed by atoms with Gasteiger partial charge in [0.15, 0.2) is 12.4 Å². The van der Waals surface area contributed by atoms with Gasteiger partial charge in [0, 0.05) is 18.5 Å². The quantitative estimate of drug-likeness (QED) is 0.809. The van der Waals surface area contributed by atoms with Crippen LogP contribution in [0.5, 0.6) is 5.75 Å². The number of benzene rings is 1. The zero-order chi connectivity index (χ0) is 15.1. The summed E-state index contributed by atoms with van der Waals surface area (Å²) < 4.78 is 10.9. The summed E-state index contributed by atoms with van der Waals surface area (Å²) >= 11 is 0. The molecular weight excluding hydrogens is 266 g/mol. The van der Waals surface area contributed by atoms with E-state index in [9.17, 15) is 0 Å². The largest absolute Gasteiger partial charge is 0.483 e. The second-order valence-electron chi connectivity index (χ2n) is 5.38. The molecule has 0 bridgehead atoms. The predicted molar refractivity (Wildman–Crippen MR) is 81.0 cm³/mol. The maximum Gasteiger partial charge on any atom is 0.264 e. The molecule has 2 aromatic rings. The zero-order valence-corrected chi connectivity index (χ0v) is 12.9. The number of hydrogen-bond acceptors (Lipinski definition) is 5. The highest BCUT2D eigenvalue weighted by Gasteiger charge is 2.08. The van der Waals surface area contributed by atoms with Gasteiger partial charge in [0.1, 0.15) is 5.75 Å². The van der Waals surface area contributed by atoms with Crippen LogP contribution in [0.4, 0.5) is 0 Å². The van der Waals surface area contributed by atoms with Gasteiger partial charge < -0.3 is 14.6 Å². The van der Waals surface area contributed by atoms with Crippen molar-refractivity contribution in [2.24, 2.45) is 5.92 Å². The topological polar surface area (TPSA) is 60.2 Å². The van der Waals surface area contributed by atoms with Crippen LogP contribution in [0.15, 0.2) is 28.8 Å². The molecule has 5 heteroatoms. The number of ether oxygens (including phenoxy) is 1. The normalized spacial score (nSPS) is 11.0. The van der Waals surface area contributed by atoms with Crippen LogP contribution in [-0.2, 0) is 19.6 Å². The fourth-order valence-corrected chi connectivity index (χ4v) is 1.92. The minimum Gasteiger partial charge on any atom is -0.483 e. The van der Waals surface area contributed by atoms with Gasteiger partial charge in [0.05, 0.1) is 0 Å². The molecule has 0 atom stereocenters. The lowest BCUT2D eigenvalue weighted by molar-refractivity contribution is 0.240. The van der Waals surface area contributed by atoms with E-state index in [4.69, 9.17) is 9.26 Å². The second kappa shape index (κ2) is 7.78. The minimum absolute atomic E-state index is 0.300. The molecule has 1 heterocycles. The number of nitrogens with one attached hydrogen (secondary N) is 1. The first-order chi connectivity index (χ1) is 10.2. The molecule has 0 aliphatic heterocycles. The molecule has 0 aliphatic carbocycles. The standard InChI is InChI=1S/C16H23N3O2/c1-4-15-18-16(21-19-15)11-20-14-8-6-5-7-13(14)10-17-9-12(2)3/h5-8,12,17H,4,9-11H2,1-3H3. The van der Waals surface area contributed by atoms with Crippen molar-refractivity contribution in [3.05, 3.63) is 41.5 Å². The van der Waals surface area contributed by atoms with E-state index in [1.165, 1.54) is 0 Å². The summed E-state index contributed by atoms with van der Waals surface area (Å²) in [5.41, 5.74) is 1.13. The van der Waals surface area contributed by atoms with Crippen molar-refractivity contribution in [3.8, 4) is 5.75 Å². The van der Waals surface area contributed by atoms with Gasteiger partial charge in [-0.3, -0.25) is 0 Å². The van der Waals surface area contributed by atoms with Crippen molar-refractivity contribution in [3.63, 3.8) is 0 Å². The van der Waals surface area contributed by atoms with Gasteiger partial charge in [0.25, 0.3) is 5.89 Å². The van der Waals surface area contributed by atoms with E-state index in [2.05, 4.69) is 35.4 Å². The molecule has 0 fully saturated rings. The Hall–Kier alpha value is -1.88. The molecule has 1 aromatic carbocycles. The molecule has 0 saturated heterocycles. The number of hydrogen-bond donors (Lipinski definition) is 1. The van der Waals surface area contributed by atoms with Crippen LogP contribution in [0.1, 0.15) is 38.0 Å². The summed E-state index contributed by atoms with van der Waals surface area (Å²) in [6.45, 7) is 8.45. The SMILES string of the molecule is CCc1noc(COc2ccccc2CNCC(C)C)n1. The maximum atomic E-state index is 5.80. The van der Waals surface area contributed by atoms with E-state index in [0.717, 1.165) is 30.8 Å². The van der Waals surface area contributed by atoms with Gasteiger partial charge in [-0.2, -0.15) is 4.98 Å². The van der Waals surface area contributed by atoms with Crippen LogP contribution in [0.25, 0.3) is 0 Å². The van der Waals surface area contributed by atoms with Gasteiger partial charge in [-0.25, -0.2) is 0 Å².